The third-order valence-electron chi connectivity index (χ3n) is 17.9. The van der Waals surface area contributed by atoms with E-state index in [4.69, 9.17) is 13.0 Å². The van der Waals surface area contributed by atoms with Crippen LogP contribution >= 0.6 is 0 Å². The van der Waals surface area contributed by atoms with Gasteiger partial charge in [0.05, 0.1) is 8.07 Å². The van der Waals surface area contributed by atoms with Gasteiger partial charge < -0.3 is 0 Å². The molecule has 1 N–H and O–H groups in total. The summed E-state index contributed by atoms with van der Waals surface area (Å²) < 4.78 is 4.26. The zero-order valence-electron chi connectivity index (χ0n) is 38.7. The van der Waals surface area contributed by atoms with Crippen molar-refractivity contribution in [1.29, 1.82) is 5.31 Å². The topological polar surface area (TPSA) is 36.2 Å². The second-order valence-electron chi connectivity index (χ2n) is 23.8. The van der Waals surface area contributed by atoms with Gasteiger partial charge in [0.15, 0.2) is 0 Å². The Balaban J connectivity index is 0.955. The Hall–Kier alpha value is -1.31. The summed E-state index contributed by atoms with van der Waals surface area (Å²) in [4.78, 5) is 0. The average molecular weight is 872 g/mol. The van der Waals surface area contributed by atoms with Crippen LogP contribution < -0.4 is 31.1 Å². The molecule has 4 fully saturated rings. The van der Waals surface area contributed by atoms with Crippen LogP contribution in [-0.2, 0) is 0 Å². The summed E-state index contributed by atoms with van der Waals surface area (Å²) in [7, 11) is -4.04. The minimum absolute atomic E-state index is 0.926. The van der Waals surface area contributed by atoms with Gasteiger partial charge in [-0.05, 0) is 6.42 Å². The Bertz CT molecular complexity index is 1940. The number of hydrogen-bond donors (Lipinski definition) is 1. The third-order valence-corrected chi connectivity index (χ3v) is 38.4. The van der Waals surface area contributed by atoms with Gasteiger partial charge in [-0.25, -0.2) is 0 Å². The summed E-state index contributed by atoms with van der Waals surface area (Å²) in [6.45, 7) is 32.2. The predicted octanol–water partition coefficient (Wildman–Crippen LogP) is 10.0. The molecule has 3 aromatic rings. The van der Waals surface area contributed by atoms with Crippen LogP contribution in [0.15, 0.2) is 77.4 Å². The van der Waals surface area contributed by atoms with Crippen molar-refractivity contribution in [2.75, 3.05) is 0 Å². The first-order valence-corrected chi connectivity index (χ1v) is 42.0. The van der Waals surface area contributed by atoms with Crippen LogP contribution in [-0.4, -0.2) is 62.8 Å². The van der Waals surface area contributed by atoms with E-state index in [0.717, 1.165) is 46.6 Å². The molecule has 2 nitrogen and oxygen atoms in total. The average Bonchev–Trinajstić information content (AvgIpc) is 4.02. The van der Waals surface area contributed by atoms with Crippen molar-refractivity contribution in [3.63, 3.8) is 0 Å². The van der Waals surface area contributed by atoms with E-state index in [1.165, 1.54) is 73.8 Å². The van der Waals surface area contributed by atoms with Gasteiger partial charge >= 0.3 is 290 Å². The molecule has 8 atom stereocenters. The van der Waals surface area contributed by atoms with Crippen molar-refractivity contribution in [3.05, 3.63) is 72.8 Å². The van der Waals surface area contributed by atoms with Gasteiger partial charge in [0, 0.05) is 0 Å². The first kappa shape index (κ1) is 44.7. The molecular formula is C48H77B2N2Si6. The van der Waals surface area contributed by atoms with E-state index in [2.05, 4.69) is 156 Å². The summed E-state index contributed by atoms with van der Waals surface area (Å²) in [5.74, 6) is 5.69. The van der Waals surface area contributed by atoms with Gasteiger partial charge in [0.25, 0.3) is 0 Å². The molecule has 10 heteroatoms. The molecule has 0 heterocycles. The van der Waals surface area contributed by atoms with E-state index >= 15 is 0 Å². The zero-order chi connectivity index (χ0) is 42.1. The molecule has 4 bridgehead atoms. The molecule has 4 saturated carbocycles. The van der Waals surface area contributed by atoms with Crippen molar-refractivity contribution < 1.29 is 0 Å². The van der Waals surface area contributed by atoms with Crippen LogP contribution in [0.25, 0.3) is 0 Å². The molecule has 4 aliphatic rings. The van der Waals surface area contributed by atoms with Gasteiger partial charge in [0.1, 0.15) is 0 Å². The summed E-state index contributed by atoms with van der Waals surface area (Å²) in [6.07, 6.45) is 11.9. The fourth-order valence-corrected chi connectivity index (χ4v) is 28.2. The van der Waals surface area contributed by atoms with Gasteiger partial charge in [-0.3, -0.25) is 0 Å². The van der Waals surface area contributed by atoms with E-state index in [-0.39, 0.29) is 0 Å². The summed E-state index contributed by atoms with van der Waals surface area (Å²) in [6, 6.07) is 32.6. The monoisotopic (exact) mass is 871 g/mol. The fraction of sp³-hybridized carbons (Fsp3) is 0.625. The Labute approximate surface area is 363 Å². The number of hydrogen-bond acceptors (Lipinski definition) is 2. The van der Waals surface area contributed by atoms with Crippen molar-refractivity contribution >= 4 is 93.9 Å². The summed E-state index contributed by atoms with van der Waals surface area (Å²) in [5.41, 5.74) is 1.87. The predicted molar refractivity (Wildman–Crippen MR) is 274 cm³/mol. The zero-order valence-corrected chi connectivity index (χ0v) is 44.7. The van der Waals surface area contributed by atoms with E-state index in [1.807, 2.05) is 0 Å². The van der Waals surface area contributed by atoms with Crippen molar-refractivity contribution in [2.45, 2.75) is 153 Å². The second-order valence-corrected chi connectivity index (χ2v) is 51.3. The number of nitrogens with one attached hydrogen (secondary N) is 1. The Morgan fingerprint density at radius 1 is 0.500 bits per heavy atom. The molecule has 7 rings (SSSR count). The van der Waals surface area contributed by atoms with Crippen LogP contribution in [0, 0.1) is 40.8 Å². The van der Waals surface area contributed by atoms with E-state index < -0.39 is 48.5 Å². The van der Waals surface area contributed by atoms with Gasteiger partial charge in [0.2, 0.25) is 0 Å². The quantitative estimate of drug-likeness (QED) is 0.139. The molecular weight excluding hydrogens is 795 g/mol. The van der Waals surface area contributed by atoms with Crippen LogP contribution in [0.1, 0.15) is 51.4 Å². The van der Waals surface area contributed by atoms with Crippen LogP contribution in [0.2, 0.25) is 102 Å². The van der Waals surface area contributed by atoms with Crippen LogP contribution in [0.4, 0.5) is 0 Å². The normalized spacial score (nSPS) is 27.6. The van der Waals surface area contributed by atoms with Crippen molar-refractivity contribution in [3.8, 4) is 0 Å². The Morgan fingerprint density at radius 2 is 0.845 bits per heavy atom. The molecule has 8 unspecified atom stereocenters. The summed E-state index contributed by atoms with van der Waals surface area (Å²) >= 11 is 0. The molecule has 3 aromatic carbocycles. The molecule has 1 radical (unpaired) electrons. The van der Waals surface area contributed by atoms with Crippen molar-refractivity contribution in [1.82, 2.24) is 0 Å². The second kappa shape index (κ2) is 16.4. The van der Waals surface area contributed by atoms with Gasteiger partial charge in [-0.1, -0.05) is 60.8 Å². The maximum atomic E-state index is 7.97. The first-order chi connectivity index (χ1) is 27.1. The van der Waals surface area contributed by atoms with Crippen LogP contribution in [0.5, 0.6) is 0 Å². The molecule has 0 amide bonds. The SMILES string of the molecule is [B]=N[Si](C)(C)c1ccc([Si](C)(C)CCC2CC3CC2C([Si](C)(C)c2ccc([Si](C)(C)CCC4CC5CC4C([Si](C)(C)c4ccc([Si](C)(C)B=N)cc4)C5)cc2)C3)cc1. The molecule has 309 valence electrons. The van der Waals surface area contributed by atoms with E-state index in [9.17, 15) is 0 Å². The molecule has 0 saturated heterocycles. The fourth-order valence-electron chi connectivity index (χ4n) is 13.3. The number of nitrogens with zero attached hydrogens (tertiary/aromatic N) is 1. The van der Waals surface area contributed by atoms with Crippen LogP contribution in [0.3, 0.4) is 0 Å². The standard InChI is InChI=1S/C48H77B2N2Si6/c1-53(2,27-25-37-30-36-32-46(37)48(34-36)56(7,8)42-19-21-43(22-20-42)57(9,10)50-51)39-13-17-41(18-14-39)55(5,6)47-33-35-29-38(45(47)31-35)26-28-54(3,4)40-15-23-44(24-16-40)58(11,12)52-49/h13-24,35-38,45-48,51H,25-34H2,1-12H3. The molecule has 0 aromatic heterocycles. The first-order valence-electron chi connectivity index (χ1n) is 23.4. The van der Waals surface area contributed by atoms with E-state index in [1.54, 1.807) is 27.4 Å². The molecule has 58 heavy (non-hydrogen) atoms. The molecule has 0 spiro atoms. The van der Waals surface area contributed by atoms with Gasteiger partial charge in [-0.2, -0.15) is 0 Å². The Kier molecular flexibility index (Phi) is 12.7. The Morgan fingerprint density at radius 3 is 1.19 bits per heavy atom. The maximum absolute atomic E-state index is 7.97. The minimum atomic E-state index is -1.86. The summed E-state index contributed by atoms with van der Waals surface area (Å²) in [5, 5.41) is 17.4. The molecule has 4 aliphatic carbocycles. The number of rotatable bonds is 16. The van der Waals surface area contributed by atoms with E-state index in [0.29, 0.717) is 0 Å². The number of fused-ring (bicyclic) bond motifs is 4. The molecule has 0 aliphatic heterocycles. The number of benzene rings is 3. The van der Waals surface area contributed by atoms with Crippen molar-refractivity contribution in [2.24, 2.45) is 40.1 Å². The van der Waals surface area contributed by atoms with Gasteiger partial charge in [-0.15, -0.1) is 0 Å². The third kappa shape index (κ3) is 8.69.